The zero-order valence-electron chi connectivity index (χ0n) is 12.0. The second-order valence-electron chi connectivity index (χ2n) is 4.90. The molecular weight excluding hydrogens is 271 g/mol. The van der Waals surface area contributed by atoms with E-state index >= 15 is 0 Å². The Morgan fingerprint density at radius 2 is 2.00 bits per heavy atom. The van der Waals surface area contributed by atoms with E-state index in [1.54, 1.807) is 12.3 Å². The first-order chi connectivity index (χ1) is 10.1. The number of nitrogens with zero attached hydrogens (tertiary/aromatic N) is 3. The van der Waals surface area contributed by atoms with E-state index in [-0.39, 0.29) is 5.82 Å². The van der Waals surface area contributed by atoms with Crippen LogP contribution in [0, 0.1) is 5.82 Å². The van der Waals surface area contributed by atoms with Crippen LogP contribution in [0.3, 0.4) is 0 Å². The third-order valence-corrected chi connectivity index (χ3v) is 3.29. The number of benzene rings is 1. The molecule has 0 saturated heterocycles. The number of aromatic amines is 1. The summed E-state index contributed by atoms with van der Waals surface area (Å²) in [5.74, 6) is 0.907. The molecule has 0 bridgehead atoms. The van der Waals surface area contributed by atoms with Crippen molar-refractivity contribution in [3.8, 4) is 16.9 Å². The van der Waals surface area contributed by atoms with Gasteiger partial charge in [0.05, 0.1) is 12.5 Å². The van der Waals surface area contributed by atoms with Crippen LogP contribution in [0.4, 0.5) is 10.2 Å². The smallest absolute Gasteiger partial charge is 0.143 e. The average molecular weight is 286 g/mol. The van der Waals surface area contributed by atoms with Crippen LogP contribution in [0.15, 0.2) is 30.7 Å². The molecule has 0 unspecified atom stereocenters. The summed E-state index contributed by atoms with van der Waals surface area (Å²) in [6.07, 6.45) is 3.31. The van der Waals surface area contributed by atoms with Gasteiger partial charge < -0.3 is 14.6 Å². The number of anilines is 1. The maximum Gasteiger partial charge on any atom is 0.143 e. The van der Waals surface area contributed by atoms with Gasteiger partial charge in [0.1, 0.15) is 29.4 Å². The molecule has 0 aliphatic rings. The van der Waals surface area contributed by atoms with Crippen LogP contribution >= 0.6 is 0 Å². The van der Waals surface area contributed by atoms with Gasteiger partial charge in [-0.15, -0.1) is 0 Å². The van der Waals surface area contributed by atoms with Gasteiger partial charge >= 0.3 is 0 Å². The van der Waals surface area contributed by atoms with E-state index in [0.29, 0.717) is 11.4 Å². The minimum Gasteiger partial charge on any atom is -0.497 e. The minimum atomic E-state index is -0.345. The number of hydrogen-bond donors (Lipinski definition) is 1. The summed E-state index contributed by atoms with van der Waals surface area (Å²) in [4.78, 5) is 13.5. The average Bonchev–Trinajstić information content (AvgIpc) is 2.90. The van der Waals surface area contributed by atoms with Crippen molar-refractivity contribution in [3.63, 3.8) is 0 Å². The van der Waals surface area contributed by atoms with Crippen molar-refractivity contribution in [1.29, 1.82) is 0 Å². The summed E-state index contributed by atoms with van der Waals surface area (Å²) in [6, 6.07) is 4.61. The Morgan fingerprint density at radius 3 is 2.71 bits per heavy atom. The molecule has 0 aliphatic heterocycles. The minimum absolute atomic E-state index is 0.345. The van der Waals surface area contributed by atoms with Gasteiger partial charge in [0, 0.05) is 31.9 Å². The Balaban J connectivity index is 2.28. The molecule has 6 heteroatoms. The number of fused-ring (bicyclic) bond motifs is 1. The Kier molecular flexibility index (Phi) is 3.21. The second-order valence-corrected chi connectivity index (χ2v) is 4.90. The lowest BCUT2D eigenvalue weighted by atomic mass is 10.1. The standard InChI is InChI=1S/C15H15FN4O/c1-20(2)15-13-12(7-17-14(13)18-8-19-15)9-4-10(16)6-11(5-9)21-3/h4-8H,1-3H3,(H,17,18,19). The van der Waals surface area contributed by atoms with E-state index in [1.165, 1.54) is 25.6 Å². The molecule has 108 valence electrons. The molecule has 21 heavy (non-hydrogen) atoms. The van der Waals surface area contributed by atoms with Crippen LogP contribution in [-0.2, 0) is 0 Å². The van der Waals surface area contributed by atoms with Crippen LogP contribution in [0.25, 0.3) is 22.2 Å². The lowest BCUT2D eigenvalue weighted by Crippen LogP contribution is -2.11. The first kappa shape index (κ1) is 13.4. The predicted octanol–water partition coefficient (Wildman–Crippen LogP) is 2.84. The van der Waals surface area contributed by atoms with Crippen molar-refractivity contribution in [1.82, 2.24) is 15.0 Å². The second kappa shape index (κ2) is 5.05. The molecule has 1 aromatic carbocycles. The molecule has 1 N–H and O–H groups in total. The molecule has 0 aliphatic carbocycles. The van der Waals surface area contributed by atoms with Crippen LogP contribution in [0.5, 0.6) is 5.75 Å². The van der Waals surface area contributed by atoms with Gasteiger partial charge in [-0.1, -0.05) is 0 Å². The highest BCUT2D eigenvalue weighted by atomic mass is 19.1. The Hall–Kier alpha value is -2.63. The van der Waals surface area contributed by atoms with E-state index < -0.39 is 0 Å². The quantitative estimate of drug-likeness (QED) is 0.804. The summed E-state index contributed by atoms with van der Waals surface area (Å²) in [5, 5.41) is 0.857. The highest BCUT2D eigenvalue weighted by Crippen LogP contribution is 2.34. The van der Waals surface area contributed by atoms with Gasteiger partial charge in [0.15, 0.2) is 0 Å². The molecule has 0 spiro atoms. The number of hydrogen-bond acceptors (Lipinski definition) is 4. The number of methoxy groups -OCH3 is 1. The highest BCUT2D eigenvalue weighted by Gasteiger charge is 2.15. The third-order valence-electron chi connectivity index (χ3n) is 3.29. The molecular formula is C15H15FN4O. The summed E-state index contributed by atoms with van der Waals surface area (Å²) < 4.78 is 18.9. The van der Waals surface area contributed by atoms with Crippen LogP contribution in [0.1, 0.15) is 0 Å². The number of aromatic nitrogens is 3. The van der Waals surface area contributed by atoms with Gasteiger partial charge in [-0.2, -0.15) is 0 Å². The molecule has 0 amide bonds. The van der Waals surface area contributed by atoms with Crippen LogP contribution < -0.4 is 9.64 Å². The first-order valence-electron chi connectivity index (χ1n) is 6.44. The van der Waals surface area contributed by atoms with Crippen LogP contribution in [-0.4, -0.2) is 36.2 Å². The largest absolute Gasteiger partial charge is 0.497 e. The number of nitrogens with one attached hydrogen (secondary N) is 1. The van der Waals surface area contributed by atoms with Crippen molar-refractivity contribution in [2.45, 2.75) is 0 Å². The molecule has 0 fully saturated rings. The first-order valence-corrected chi connectivity index (χ1v) is 6.44. The number of H-pyrrole nitrogens is 1. The van der Waals surface area contributed by atoms with Gasteiger partial charge in [0.2, 0.25) is 0 Å². The maximum atomic E-state index is 13.7. The fraction of sp³-hybridized carbons (Fsp3) is 0.200. The van der Waals surface area contributed by atoms with Crippen molar-refractivity contribution in [2.24, 2.45) is 0 Å². The van der Waals surface area contributed by atoms with Crippen molar-refractivity contribution in [2.75, 3.05) is 26.1 Å². The summed E-state index contributed by atoms with van der Waals surface area (Å²) >= 11 is 0. The van der Waals surface area contributed by atoms with Crippen molar-refractivity contribution < 1.29 is 9.13 Å². The lowest BCUT2D eigenvalue weighted by Gasteiger charge is -2.13. The summed E-state index contributed by atoms with van der Waals surface area (Å²) in [7, 11) is 5.33. The molecule has 0 saturated carbocycles. The van der Waals surface area contributed by atoms with Gasteiger partial charge in [0.25, 0.3) is 0 Å². The van der Waals surface area contributed by atoms with Crippen LogP contribution in [0.2, 0.25) is 0 Å². The molecule has 2 heterocycles. The number of ether oxygens (including phenoxy) is 1. The normalized spacial score (nSPS) is 10.9. The Morgan fingerprint density at radius 1 is 1.19 bits per heavy atom. The van der Waals surface area contributed by atoms with E-state index in [9.17, 15) is 4.39 Å². The van der Waals surface area contributed by atoms with Gasteiger partial charge in [-0.3, -0.25) is 0 Å². The fourth-order valence-electron chi connectivity index (χ4n) is 2.35. The summed E-state index contributed by atoms with van der Waals surface area (Å²) in [5.41, 5.74) is 2.27. The molecule has 2 aromatic heterocycles. The molecule has 0 atom stereocenters. The van der Waals surface area contributed by atoms with Gasteiger partial charge in [-0.05, 0) is 17.7 Å². The van der Waals surface area contributed by atoms with E-state index in [2.05, 4.69) is 15.0 Å². The van der Waals surface area contributed by atoms with E-state index in [0.717, 1.165) is 22.3 Å². The summed E-state index contributed by atoms with van der Waals surface area (Å²) in [6.45, 7) is 0. The maximum absolute atomic E-state index is 13.7. The third kappa shape index (κ3) is 2.29. The lowest BCUT2D eigenvalue weighted by molar-refractivity contribution is 0.411. The fourth-order valence-corrected chi connectivity index (χ4v) is 2.35. The highest BCUT2D eigenvalue weighted by molar-refractivity contribution is 6.01. The SMILES string of the molecule is COc1cc(F)cc(-c2c[nH]c3ncnc(N(C)C)c23)c1. The molecule has 5 nitrogen and oxygen atoms in total. The van der Waals surface area contributed by atoms with E-state index in [4.69, 9.17) is 4.74 Å². The topological polar surface area (TPSA) is 54.0 Å². The van der Waals surface area contributed by atoms with E-state index in [1.807, 2.05) is 19.0 Å². The Bertz CT molecular complexity index is 797. The monoisotopic (exact) mass is 286 g/mol. The van der Waals surface area contributed by atoms with Crippen molar-refractivity contribution in [3.05, 3.63) is 36.5 Å². The van der Waals surface area contributed by atoms with Crippen molar-refractivity contribution >= 4 is 16.9 Å². The molecule has 0 radical (unpaired) electrons. The Labute approximate surface area is 121 Å². The molecule has 3 aromatic rings. The zero-order chi connectivity index (χ0) is 15.0. The number of rotatable bonds is 3. The van der Waals surface area contributed by atoms with Gasteiger partial charge in [-0.25, -0.2) is 14.4 Å². The number of halogens is 1. The predicted molar refractivity (Wildman–Crippen MR) is 80.2 cm³/mol. The molecule has 3 rings (SSSR count). The zero-order valence-corrected chi connectivity index (χ0v) is 12.0.